The lowest BCUT2D eigenvalue weighted by molar-refractivity contribution is 0.130. The van der Waals surface area contributed by atoms with Crippen molar-refractivity contribution in [2.24, 2.45) is 23.7 Å². The molecule has 14 heavy (non-hydrogen) atoms. The van der Waals surface area contributed by atoms with Crippen LogP contribution in [0.5, 0.6) is 0 Å². The van der Waals surface area contributed by atoms with Gasteiger partial charge in [-0.25, -0.2) is 0 Å². The first-order chi connectivity index (χ1) is 6.76. The van der Waals surface area contributed by atoms with Crippen molar-refractivity contribution in [1.82, 2.24) is 0 Å². The summed E-state index contributed by atoms with van der Waals surface area (Å²) in [5.41, 5.74) is 0. The molecule has 0 N–H and O–H groups in total. The zero-order chi connectivity index (χ0) is 10.6. The molecular formula is C12H22Cl2. The van der Waals surface area contributed by atoms with Gasteiger partial charge < -0.3 is 0 Å². The van der Waals surface area contributed by atoms with E-state index in [9.17, 15) is 0 Å². The standard InChI is InChI=1S/C12H22Cl2/c1-3-9-5-10(4-2)12(8-14)6-11(9)7-13/h9-12H,3-8H2,1-2H3. The molecule has 0 amide bonds. The first kappa shape index (κ1) is 12.6. The van der Waals surface area contributed by atoms with E-state index in [1.807, 2.05) is 0 Å². The molecule has 2 heteroatoms. The lowest BCUT2D eigenvalue weighted by Gasteiger charge is -2.39. The normalized spacial score (nSPS) is 38.6. The lowest BCUT2D eigenvalue weighted by atomic mass is 9.68. The van der Waals surface area contributed by atoms with Crippen molar-refractivity contribution < 1.29 is 0 Å². The molecule has 4 atom stereocenters. The first-order valence-electron chi connectivity index (χ1n) is 5.88. The molecule has 4 unspecified atom stereocenters. The summed E-state index contributed by atoms with van der Waals surface area (Å²) in [5.74, 6) is 4.76. The zero-order valence-electron chi connectivity index (χ0n) is 9.31. The second kappa shape index (κ2) is 6.23. The largest absolute Gasteiger partial charge is 0.126 e. The van der Waals surface area contributed by atoms with Crippen molar-refractivity contribution in [2.45, 2.75) is 39.5 Å². The third-order valence-electron chi connectivity index (χ3n) is 3.99. The van der Waals surface area contributed by atoms with E-state index in [0.717, 1.165) is 23.6 Å². The summed E-state index contributed by atoms with van der Waals surface area (Å²) in [4.78, 5) is 0. The molecule has 84 valence electrons. The van der Waals surface area contributed by atoms with Gasteiger partial charge in [-0.05, 0) is 36.5 Å². The molecule has 0 nitrogen and oxygen atoms in total. The predicted octanol–water partition coefficient (Wildman–Crippen LogP) is 4.54. The van der Waals surface area contributed by atoms with Crippen molar-refractivity contribution in [1.29, 1.82) is 0 Å². The van der Waals surface area contributed by atoms with Gasteiger partial charge in [0.05, 0.1) is 0 Å². The van der Waals surface area contributed by atoms with Crippen molar-refractivity contribution in [3.05, 3.63) is 0 Å². The minimum atomic E-state index is 0.716. The van der Waals surface area contributed by atoms with Crippen LogP contribution < -0.4 is 0 Å². The Kier molecular flexibility index (Phi) is 5.62. The van der Waals surface area contributed by atoms with Crippen LogP contribution in [-0.4, -0.2) is 11.8 Å². The SMILES string of the molecule is CCC1CC(CC)C(CCl)CC1CCl. The topological polar surface area (TPSA) is 0 Å². The van der Waals surface area contributed by atoms with Crippen LogP contribution in [-0.2, 0) is 0 Å². The maximum absolute atomic E-state index is 6.02. The summed E-state index contributed by atoms with van der Waals surface area (Å²) in [5, 5.41) is 0. The second-order valence-electron chi connectivity index (χ2n) is 4.64. The van der Waals surface area contributed by atoms with Crippen molar-refractivity contribution in [3.8, 4) is 0 Å². The van der Waals surface area contributed by atoms with Crippen molar-refractivity contribution >= 4 is 23.2 Å². The molecule has 1 rings (SSSR count). The number of hydrogen-bond donors (Lipinski definition) is 0. The smallest absolute Gasteiger partial charge is 0.0254 e. The van der Waals surface area contributed by atoms with Crippen LogP contribution in [0.1, 0.15) is 39.5 Å². The van der Waals surface area contributed by atoms with Gasteiger partial charge in [-0.15, -0.1) is 23.2 Å². The Morgan fingerprint density at radius 3 is 1.43 bits per heavy atom. The Hall–Kier alpha value is 0.580. The highest BCUT2D eigenvalue weighted by atomic mass is 35.5. The van der Waals surface area contributed by atoms with Crippen molar-refractivity contribution in [3.63, 3.8) is 0 Å². The molecule has 0 aliphatic heterocycles. The molecule has 1 fully saturated rings. The molecular weight excluding hydrogens is 215 g/mol. The molecule has 0 radical (unpaired) electrons. The summed E-state index contributed by atoms with van der Waals surface area (Å²) in [7, 11) is 0. The number of hydrogen-bond acceptors (Lipinski definition) is 0. The van der Waals surface area contributed by atoms with Crippen LogP contribution in [0.4, 0.5) is 0 Å². The Balaban J connectivity index is 2.59. The number of rotatable bonds is 4. The number of halogens is 2. The molecule has 1 aliphatic rings. The third-order valence-corrected chi connectivity index (χ3v) is 4.78. The second-order valence-corrected chi connectivity index (χ2v) is 5.25. The van der Waals surface area contributed by atoms with Crippen LogP contribution in [0.15, 0.2) is 0 Å². The van der Waals surface area contributed by atoms with Gasteiger partial charge >= 0.3 is 0 Å². The summed E-state index contributed by atoms with van der Waals surface area (Å²) in [6.07, 6.45) is 5.16. The predicted molar refractivity (Wildman–Crippen MR) is 65.2 cm³/mol. The van der Waals surface area contributed by atoms with E-state index >= 15 is 0 Å². The Morgan fingerprint density at radius 2 is 1.14 bits per heavy atom. The molecule has 0 heterocycles. The van der Waals surface area contributed by atoms with Gasteiger partial charge in [0.2, 0.25) is 0 Å². The van der Waals surface area contributed by atoms with E-state index in [-0.39, 0.29) is 0 Å². The van der Waals surface area contributed by atoms with Gasteiger partial charge in [-0.3, -0.25) is 0 Å². The quantitative estimate of drug-likeness (QED) is 0.629. The molecule has 0 saturated heterocycles. The van der Waals surface area contributed by atoms with E-state index in [1.54, 1.807) is 0 Å². The highest BCUT2D eigenvalue weighted by Gasteiger charge is 2.34. The van der Waals surface area contributed by atoms with Crippen LogP contribution >= 0.6 is 23.2 Å². The fraction of sp³-hybridized carbons (Fsp3) is 1.00. The highest BCUT2D eigenvalue weighted by molar-refractivity contribution is 6.18. The van der Waals surface area contributed by atoms with Gasteiger partial charge in [0.15, 0.2) is 0 Å². The zero-order valence-corrected chi connectivity index (χ0v) is 10.8. The average molecular weight is 237 g/mol. The van der Waals surface area contributed by atoms with Crippen LogP contribution in [0, 0.1) is 23.7 Å². The Morgan fingerprint density at radius 1 is 0.786 bits per heavy atom. The summed E-state index contributed by atoms with van der Waals surface area (Å²) < 4.78 is 0. The van der Waals surface area contributed by atoms with Crippen LogP contribution in [0.3, 0.4) is 0 Å². The molecule has 1 saturated carbocycles. The van der Waals surface area contributed by atoms with Gasteiger partial charge in [-0.1, -0.05) is 26.7 Å². The molecule has 0 aromatic carbocycles. The Labute approximate surface area is 98.4 Å². The van der Waals surface area contributed by atoms with Crippen LogP contribution in [0.2, 0.25) is 0 Å². The van der Waals surface area contributed by atoms with E-state index < -0.39 is 0 Å². The maximum atomic E-state index is 6.02. The first-order valence-corrected chi connectivity index (χ1v) is 6.95. The number of alkyl halides is 2. The molecule has 0 bridgehead atoms. The van der Waals surface area contributed by atoms with E-state index in [0.29, 0.717) is 11.8 Å². The maximum Gasteiger partial charge on any atom is 0.0254 e. The van der Waals surface area contributed by atoms with E-state index in [2.05, 4.69) is 13.8 Å². The average Bonchev–Trinajstić information content (AvgIpc) is 2.26. The van der Waals surface area contributed by atoms with E-state index in [1.165, 1.54) is 25.7 Å². The van der Waals surface area contributed by atoms with E-state index in [4.69, 9.17) is 23.2 Å². The summed E-state index contributed by atoms with van der Waals surface area (Å²) in [6.45, 7) is 4.58. The van der Waals surface area contributed by atoms with Gasteiger partial charge in [0, 0.05) is 11.8 Å². The molecule has 0 aromatic heterocycles. The summed E-state index contributed by atoms with van der Waals surface area (Å²) >= 11 is 12.0. The van der Waals surface area contributed by atoms with Gasteiger partial charge in [0.25, 0.3) is 0 Å². The minimum Gasteiger partial charge on any atom is -0.126 e. The molecule has 1 aliphatic carbocycles. The Bertz CT molecular complexity index is 124. The third kappa shape index (κ3) is 2.79. The van der Waals surface area contributed by atoms with Crippen molar-refractivity contribution in [2.75, 3.05) is 11.8 Å². The van der Waals surface area contributed by atoms with Gasteiger partial charge in [-0.2, -0.15) is 0 Å². The highest BCUT2D eigenvalue weighted by Crippen LogP contribution is 2.41. The van der Waals surface area contributed by atoms with Gasteiger partial charge in [0.1, 0.15) is 0 Å². The summed E-state index contributed by atoms with van der Waals surface area (Å²) in [6, 6.07) is 0. The lowest BCUT2D eigenvalue weighted by Crippen LogP contribution is -2.33. The minimum absolute atomic E-state index is 0.716. The van der Waals surface area contributed by atoms with Crippen LogP contribution in [0.25, 0.3) is 0 Å². The fourth-order valence-electron chi connectivity index (χ4n) is 2.93. The monoisotopic (exact) mass is 236 g/mol. The molecule has 0 aromatic rings. The molecule has 0 spiro atoms. The fourth-order valence-corrected chi connectivity index (χ4v) is 3.68.